The molecule has 0 saturated carbocycles. The average Bonchev–Trinajstić information content (AvgIpc) is 2.74. The van der Waals surface area contributed by atoms with Gasteiger partial charge >= 0.3 is 5.97 Å². The molecule has 1 aromatic carbocycles. The van der Waals surface area contributed by atoms with Crippen molar-refractivity contribution in [3.8, 4) is 5.75 Å². The zero-order valence-electron chi connectivity index (χ0n) is 9.43. The van der Waals surface area contributed by atoms with E-state index in [-0.39, 0.29) is 24.4 Å². The zero-order chi connectivity index (χ0) is 13.1. The van der Waals surface area contributed by atoms with Gasteiger partial charge in [-0.25, -0.2) is 0 Å². The van der Waals surface area contributed by atoms with Crippen molar-refractivity contribution < 1.29 is 19.8 Å². The fourth-order valence-corrected chi connectivity index (χ4v) is 1.64. The van der Waals surface area contributed by atoms with Crippen LogP contribution in [-0.4, -0.2) is 33.6 Å². The second kappa shape index (κ2) is 4.79. The van der Waals surface area contributed by atoms with E-state index >= 15 is 0 Å². The smallest absolute Gasteiger partial charge is 0.305 e. The molecule has 6 heteroatoms. The monoisotopic (exact) mass is 248 g/mol. The number of fused-ring (bicyclic) bond motifs is 1. The van der Waals surface area contributed by atoms with Gasteiger partial charge in [-0.3, -0.25) is 9.59 Å². The third-order valence-corrected chi connectivity index (χ3v) is 2.50. The minimum Gasteiger partial charge on any atom is -0.506 e. The standard InChI is InChI=1S/C12H12N2O4/c15-9-3-1-2-7-6-8(14-11(7)9)12(18)13-5-4-10(16)17/h1-3,6,14-15H,4-5H2,(H,13,18)(H,16,17). The molecule has 0 unspecified atom stereocenters. The highest BCUT2D eigenvalue weighted by Crippen LogP contribution is 2.24. The van der Waals surface area contributed by atoms with E-state index in [2.05, 4.69) is 10.3 Å². The van der Waals surface area contributed by atoms with Gasteiger partial charge in [-0.05, 0) is 12.1 Å². The largest absolute Gasteiger partial charge is 0.506 e. The number of carboxylic acids is 1. The van der Waals surface area contributed by atoms with Gasteiger partial charge in [0.25, 0.3) is 5.91 Å². The molecule has 0 aliphatic rings. The van der Waals surface area contributed by atoms with E-state index in [0.29, 0.717) is 5.52 Å². The molecule has 2 rings (SSSR count). The molecule has 6 nitrogen and oxygen atoms in total. The normalized spacial score (nSPS) is 10.4. The van der Waals surface area contributed by atoms with E-state index in [1.807, 2.05) is 0 Å². The molecule has 2 aromatic rings. The number of H-pyrrole nitrogens is 1. The Kier molecular flexibility index (Phi) is 3.18. The Hall–Kier alpha value is -2.50. The summed E-state index contributed by atoms with van der Waals surface area (Å²) in [6, 6.07) is 6.56. The van der Waals surface area contributed by atoms with Gasteiger partial charge in [0.15, 0.2) is 0 Å². The summed E-state index contributed by atoms with van der Waals surface area (Å²) in [5.41, 5.74) is 0.776. The average molecular weight is 248 g/mol. The fourth-order valence-electron chi connectivity index (χ4n) is 1.64. The molecule has 0 atom stereocenters. The van der Waals surface area contributed by atoms with Crippen LogP contribution in [0.5, 0.6) is 5.75 Å². The first-order valence-electron chi connectivity index (χ1n) is 5.38. The molecule has 0 saturated heterocycles. The summed E-state index contributed by atoms with van der Waals surface area (Å²) in [6.07, 6.45) is -0.128. The summed E-state index contributed by atoms with van der Waals surface area (Å²) in [6.45, 7) is 0.0650. The molecule has 4 N–H and O–H groups in total. The Balaban J connectivity index is 2.13. The van der Waals surface area contributed by atoms with E-state index in [1.165, 1.54) is 6.07 Å². The first kappa shape index (κ1) is 12.0. The van der Waals surface area contributed by atoms with E-state index in [9.17, 15) is 14.7 Å². The third-order valence-electron chi connectivity index (χ3n) is 2.50. The maximum absolute atomic E-state index is 11.7. The summed E-state index contributed by atoms with van der Waals surface area (Å²) >= 11 is 0. The highest BCUT2D eigenvalue weighted by Gasteiger charge is 2.11. The second-order valence-corrected chi connectivity index (χ2v) is 3.82. The van der Waals surface area contributed by atoms with Gasteiger partial charge in [-0.2, -0.15) is 0 Å². The van der Waals surface area contributed by atoms with Crippen molar-refractivity contribution in [2.45, 2.75) is 6.42 Å². The van der Waals surface area contributed by atoms with Crippen LogP contribution in [-0.2, 0) is 4.79 Å². The molecular formula is C12H12N2O4. The maximum Gasteiger partial charge on any atom is 0.305 e. The Morgan fingerprint density at radius 3 is 2.78 bits per heavy atom. The minimum absolute atomic E-state index is 0.0650. The maximum atomic E-state index is 11.7. The van der Waals surface area contributed by atoms with Crippen LogP contribution < -0.4 is 5.32 Å². The van der Waals surface area contributed by atoms with Gasteiger partial charge in [0.05, 0.1) is 11.9 Å². The second-order valence-electron chi connectivity index (χ2n) is 3.82. The number of aromatic hydroxyl groups is 1. The number of carbonyl (C=O) groups is 2. The van der Waals surface area contributed by atoms with Crippen molar-refractivity contribution >= 4 is 22.8 Å². The molecule has 94 valence electrons. The lowest BCUT2D eigenvalue weighted by Crippen LogP contribution is -2.26. The third kappa shape index (κ3) is 2.42. The molecule has 0 spiro atoms. The highest BCUT2D eigenvalue weighted by molar-refractivity contribution is 5.99. The minimum atomic E-state index is -0.968. The van der Waals surface area contributed by atoms with Crippen molar-refractivity contribution in [3.05, 3.63) is 30.0 Å². The lowest BCUT2D eigenvalue weighted by molar-refractivity contribution is -0.136. The van der Waals surface area contributed by atoms with Crippen LogP contribution in [0.4, 0.5) is 0 Å². The number of amides is 1. The van der Waals surface area contributed by atoms with Crippen LogP contribution in [0.3, 0.4) is 0 Å². The summed E-state index contributed by atoms with van der Waals surface area (Å²) in [5, 5.41) is 21.2. The molecule has 0 radical (unpaired) electrons. The number of rotatable bonds is 4. The number of hydrogen-bond donors (Lipinski definition) is 4. The van der Waals surface area contributed by atoms with Crippen LogP contribution in [0.1, 0.15) is 16.9 Å². The van der Waals surface area contributed by atoms with Crippen LogP contribution in [0.25, 0.3) is 10.9 Å². The van der Waals surface area contributed by atoms with Crippen LogP contribution in [0, 0.1) is 0 Å². The van der Waals surface area contributed by atoms with Crippen molar-refractivity contribution in [2.75, 3.05) is 6.54 Å². The predicted octanol–water partition coefficient (Wildman–Crippen LogP) is 1.08. The molecule has 1 aromatic heterocycles. The fraction of sp³-hybridized carbons (Fsp3) is 0.167. The number of para-hydroxylation sites is 1. The summed E-state index contributed by atoms with van der Waals surface area (Å²) in [5.74, 6) is -1.30. The summed E-state index contributed by atoms with van der Waals surface area (Å²) in [7, 11) is 0. The number of benzene rings is 1. The van der Waals surface area contributed by atoms with Gasteiger partial charge in [-0.1, -0.05) is 12.1 Å². The number of aromatic nitrogens is 1. The molecule has 1 heterocycles. The Labute approximate surface area is 102 Å². The first-order valence-corrected chi connectivity index (χ1v) is 5.38. The number of carbonyl (C=O) groups excluding carboxylic acids is 1. The Bertz CT molecular complexity index is 603. The van der Waals surface area contributed by atoms with Crippen molar-refractivity contribution in [1.29, 1.82) is 0 Å². The number of carboxylic acid groups (broad SMARTS) is 1. The zero-order valence-corrected chi connectivity index (χ0v) is 9.43. The molecule has 0 aliphatic heterocycles. The van der Waals surface area contributed by atoms with Crippen molar-refractivity contribution in [2.24, 2.45) is 0 Å². The van der Waals surface area contributed by atoms with E-state index < -0.39 is 11.9 Å². The quantitative estimate of drug-likeness (QED) is 0.650. The summed E-state index contributed by atoms with van der Waals surface area (Å²) in [4.78, 5) is 24.8. The molecular weight excluding hydrogens is 236 g/mol. The van der Waals surface area contributed by atoms with Gasteiger partial charge in [0.1, 0.15) is 11.4 Å². The van der Waals surface area contributed by atoms with Gasteiger partial charge in [0.2, 0.25) is 0 Å². The predicted molar refractivity (Wildman–Crippen MR) is 64.5 cm³/mol. The first-order chi connectivity index (χ1) is 8.58. The number of hydrogen-bond acceptors (Lipinski definition) is 3. The molecule has 0 fully saturated rings. The van der Waals surface area contributed by atoms with Crippen molar-refractivity contribution in [3.63, 3.8) is 0 Å². The lowest BCUT2D eigenvalue weighted by atomic mass is 10.2. The number of phenols is 1. The van der Waals surface area contributed by atoms with Gasteiger partial charge < -0.3 is 20.5 Å². The van der Waals surface area contributed by atoms with Crippen LogP contribution in [0.15, 0.2) is 24.3 Å². The van der Waals surface area contributed by atoms with Crippen LogP contribution >= 0.6 is 0 Å². The van der Waals surface area contributed by atoms with Crippen LogP contribution in [0.2, 0.25) is 0 Å². The summed E-state index contributed by atoms with van der Waals surface area (Å²) < 4.78 is 0. The van der Waals surface area contributed by atoms with E-state index in [4.69, 9.17) is 5.11 Å². The Morgan fingerprint density at radius 1 is 1.33 bits per heavy atom. The molecule has 0 aliphatic carbocycles. The highest BCUT2D eigenvalue weighted by atomic mass is 16.4. The van der Waals surface area contributed by atoms with E-state index in [1.54, 1.807) is 18.2 Å². The Morgan fingerprint density at radius 2 is 2.11 bits per heavy atom. The molecule has 1 amide bonds. The lowest BCUT2D eigenvalue weighted by Gasteiger charge is -2.00. The van der Waals surface area contributed by atoms with Gasteiger partial charge in [0, 0.05) is 11.9 Å². The van der Waals surface area contributed by atoms with E-state index in [0.717, 1.165) is 5.39 Å². The molecule has 0 bridgehead atoms. The van der Waals surface area contributed by atoms with Gasteiger partial charge in [-0.15, -0.1) is 0 Å². The number of phenolic OH excluding ortho intramolecular Hbond substituents is 1. The number of aliphatic carboxylic acids is 1. The van der Waals surface area contributed by atoms with Crippen molar-refractivity contribution in [1.82, 2.24) is 10.3 Å². The number of aromatic amines is 1. The number of nitrogens with one attached hydrogen (secondary N) is 2. The SMILES string of the molecule is O=C(O)CCNC(=O)c1cc2cccc(O)c2[nH]1. The molecule has 18 heavy (non-hydrogen) atoms. The topological polar surface area (TPSA) is 102 Å².